The number of pyridine rings is 1. The van der Waals surface area contributed by atoms with Gasteiger partial charge in [-0.15, -0.1) is 0 Å². The SMILES string of the molecule is COc1cc(C)[nH]c(=O)c1CNC(=O)c1c(C)n([C@H](C)C2CCN(CCNC(=O)CC34CC5CC(CC(C5)C3)C4)CC2)c2ccccc12. The van der Waals surface area contributed by atoms with Crippen molar-refractivity contribution >= 4 is 22.7 Å². The monoisotopic (exact) mass is 655 g/mol. The highest BCUT2D eigenvalue weighted by atomic mass is 16.5. The zero-order valence-corrected chi connectivity index (χ0v) is 29.2. The van der Waals surface area contributed by atoms with Crippen molar-refractivity contribution in [1.82, 2.24) is 25.1 Å². The van der Waals surface area contributed by atoms with Crippen LogP contribution in [-0.4, -0.2) is 59.6 Å². The molecule has 3 N–H and O–H groups in total. The molecule has 2 amide bonds. The topological polar surface area (TPSA) is 108 Å². The summed E-state index contributed by atoms with van der Waals surface area (Å²) in [5, 5.41) is 7.21. The lowest BCUT2D eigenvalue weighted by molar-refractivity contribution is -0.129. The molecular weight excluding hydrogens is 602 g/mol. The molecule has 0 spiro atoms. The van der Waals surface area contributed by atoms with E-state index in [0.29, 0.717) is 33.9 Å². The van der Waals surface area contributed by atoms with Gasteiger partial charge >= 0.3 is 0 Å². The molecule has 5 fully saturated rings. The van der Waals surface area contributed by atoms with Crippen LogP contribution in [0.1, 0.15) is 98.1 Å². The third-order valence-electron chi connectivity index (χ3n) is 12.4. The van der Waals surface area contributed by atoms with Gasteiger partial charge in [0.1, 0.15) is 5.75 Å². The number of H-pyrrole nitrogens is 1. The fraction of sp³-hybridized carbons (Fsp3) is 0.615. The molecule has 258 valence electrons. The number of carbonyl (C=O) groups excluding carboxylic acids is 2. The highest BCUT2D eigenvalue weighted by molar-refractivity contribution is 6.08. The van der Waals surface area contributed by atoms with Crippen LogP contribution in [0, 0.1) is 42.9 Å². The Kier molecular flexibility index (Phi) is 9.18. The van der Waals surface area contributed by atoms with Gasteiger partial charge in [0.2, 0.25) is 5.91 Å². The van der Waals surface area contributed by atoms with Gasteiger partial charge in [0.15, 0.2) is 0 Å². The van der Waals surface area contributed by atoms with Crippen LogP contribution in [0.3, 0.4) is 0 Å². The fourth-order valence-electron chi connectivity index (χ4n) is 10.6. The zero-order valence-electron chi connectivity index (χ0n) is 29.2. The van der Waals surface area contributed by atoms with Gasteiger partial charge in [0.25, 0.3) is 11.5 Å². The zero-order chi connectivity index (χ0) is 33.6. The number of likely N-dealkylation sites (tertiary alicyclic amines) is 1. The van der Waals surface area contributed by atoms with Crippen molar-refractivity contribution in [3.05, 3.63) is 63.2 Å². The van der Waals surface area contributed by atoms with Gasteiger partial charge in [-0.05, 0) is 126 Å². The molecule has 3 heterocycles. The summed E-state index contributed by atoms with van der Waals surface area (Å²) in [6.45, 7) is 9.85. The van der Waals surface area contributed by atoms with Gasteiger partial charge < -0.3 is 29.8 Å². The summed E-state index contributed by atoms with van der Waals surface area (Å²) in [7, 11) is 1.53. The summed E-state index contributed by atoms with van der Waals surface area (Å²) in [5.74, 6) is 3.65. The summed E-state index contributed by atoms with van der Waals surface area (Å²) in [5.41, 5.74) is 3.80. The summed E-state index contributed by atoms with van der Waals surface area (Å²) >= 11 is 0. The van der Waals surface area contributed by atoms with E-state index in [9.17, 15) is 14.4 Å². The number of para-hydroxylation sites is 1. The van der Waals surface area contributed by atoms with Crippen LogP contribution in [0.15, 0.2) is 35.1 Å². The number of piperidine rings is 1. The molecule has 1 atom stereocenters. The first-order chi connectivity index (χ1) is 23.1. The van der Waals surface area contributed by atoms with Crippen molar-refractivity contribution in [2.45, 2.75) is 91.1 Å². The first kappa shape index (κ1) is 32.9. The summed E-state index contributed by atoms with van der Waals surface area (Å²) in [6.07, 6.45) is 11.0. The molecule has 4 bridgehead atoms. The molecule has 0 unspecified atom stereocenters. The molecule has 8 rings (SSSR count). The number of rotatable bonds is 11. The molecule has 9 nitrogen and oxygen atoms in total. The third kappa shape index (κ3) is 6.42. The number of aromatic nitrogens is 2. The smallest absolute Gasteiger partial charge is 0.256 e. The Labute approximate surface area is 284 Å². The van der Waals surface area contributed by atoms with Gasteiger partial charge in [-0.3, -0.25) is 14.4 Å². The van der Waals surface area contributed by atoms with Crippen LogP contribution < -0.4 is 20.9 Å². The number of benzene rings is 1. The van der Waals surface area contributed by atoms with Gasteiger partial charge in [-0.2, -0.15) is 0 Å². The Morgan fingerprint density at radius 2 is 1.69 bits per heavy atom. The number of carbonyl (C=O) groups is 2. The lowest BCUT2D eigenvalue weighted by Crippen LogP contribution is -2.48. The molecule has 1 saturated heterocycles. The summed E-state index contributed by atoms with van der Waals surface area (Å²) in [6, 6.07) is 10.1. The molecule has 9 heteroatoms. The van der Waals surface area contributed by atoms with Crippen LogP contribution >= 0.6 is 0 Å². The maximum atomic E-state index is 13.7. The first-order valence-electron chi connectivity index (χ1n) is 18.3. The standard InChI is InChI=1S/C39H53N5O4/c1-24-15-34(48-4)32(37(46)42-24)23-41-38(47)36-26(3)44(33-8-6-5-7-31(33)36)25(2)30-9-12-43(13-10-30)14-11-40-35(45)22-39-19-27-16-28(20-39)18-29(17-27)21-39/h5-8,15,25,27-30H,9-14,16-23H2,1-4H3,(H,40,45)(H,41,47)(H,42,46)/t25-,27?,28?,29?,39?/m1/s1. The van der Waals surface area contributed by atoms with Crippen LogP contribution in [0.25, 0.3) is 10.9 Å². The molecule has 1 aromatic carbocycles. The Bertz CT molecular complexity index is 1700. The van der Waals surface area contributed by atoms with E-state index >= 15 is 0 Å². The van der Waals surface area contributed by atoms with Crippen molar-refractivity contribution < 1.29 is 14.3 Å². The highest BCUT2D eigenvalue weighted by Gasteiger charge is 2.51. The average Bonchev–Trinajstić information content (AvgIpc) is 3.34. The molecule has 2 aromatic heterocycles. The number of aromatic amines is 1. The number of fused-ring (bicyclic) bond motifs is 1. The second-order valence-corrected chi connectivity index (χ2v) is 15.7. The largest absolute Gasteiger partial charge is 0.496 e. The number of nitrogens with one attached hydrogen (secondary N) is 3. The Balaban J connectivity index is 0.944. The second-order valence-electron chi connectivity index (χ2n) is 15.7. The Morgan fingerprint density at radius 1 is 1.02 bits per heavy atom. The fourth-order valence-corrected chi connectivity index (χ4v) is 10.6. The van der Waals surface area contributed by atoms with Gasteiger partial charge in [0.05, 0.1) is 24.8 Å². The predicted molar refractivity (Wildman–Crippen MR) is 188 cm³/mol. The van der Waals surface area contributed by atoms with Crippen LogP contribution in [0.4, 0.5) is 0 Å². The van der Waals surface area contributed by atoms with Crippen LogP contribution in [0.2, 0.25) is 0 Å². The molecule has 4 saturated carbocycles. The number of nitrogens with zero attached hydrogens (tertiary/aromatic N) is 2. The molecule has 3 aromatic rings. The highest BCUT2D eigenvalue weighted by Crippen LogP contribution is 2.61. The third-order valence-corrected chi connectivity index (χ3v) is 12.4. The molecular formula is C39H53N5O4. The van der Waals surface area contributed by atoms with Gasteiger partial charge in [-0.1, -0.05) is 18.2 Å². The minimum Gasteiger partial charge on any atom is -0.496 e. The van der Waals surface area contributed by atoms with Crippen molar-refractivity contribution in [1.29, 1.82) is 0 Å². The van der Waals surface area contributed by atoms with Crippen LogP contribution in [0.5, 0.6) is 5.75 Å². The second kappa shape index (κ2) is 13.4. The van der Waals surface area contributed by atoms with E-state index in [1.807, 2.05) is 25.1 Å². The van der Waals surface area contributed by atoms with E-state index in [0.717, 1.165) is 79.8 Å². The number of amides is 2. The van der Waals surface area contributed by atoms with Crippen molar-refractivity contribution in [2.75, 3.05) is 33.3 Å². The Morgan fingerprint density at radius 3 is 2.35 bits per heavy atom. The lowest BCUT2D eigenvalue weighted by atomic mass is 9.49. The van der Waals surface area contributed by atoms with Crippen molar-refractivity contribution in [3.8, 4) is 5.75 Å². The lowest BCUT2D eigenvalue weighted by Gasteiger charge is -2.56. The maximum absolute atomic E-state index is 13.7. The Hall–Kier alpha value is -3.59. The number of hydrogen-bond acceptors (Lipinski definition) is 5. The van der Waals surface area contributed by atoms with E-state index in [-0.39, 0.29) is 30.0 Å². The van der Waals surface area contributed by atoms with E-state index in [1.165, 1.54) is 45.6 Å². The maximum Gasteiger partial charge on any atom is 0.256 e. The normalized spacial score (nSPS) is 26.1. The molecule has 5 aliphatic rings. The number of ether oxygens (including phenoxy) is 1. The molecule has 4 aliphatic carbocycles. The van der Waals surface area contributed by atoms with Crippen molar-refractivity contribution in [2.24, 2.45) is 29.1 Å². The minimum absolute atomic E-state index is 0.0767. The minimum atomic E-state index is -0.258. The predicted octanol–water partition coefficient (Wildman–Crippen LogP) is 5.88. The molecule has 0 radical (unpaired) electrons. The first-order valence-corrected chi connectivity index (χ1v) is 18.3. The number of hydrogen-bond donors (Lipinski definition) is 3. The number of methoxy groups -OCH3 is 1. The quantitative estimate of drug-likeness (QED) is 0.239. The van der Waals surface area contributed by atoms with E-state index in [2.05, 4.69) is 38.1 Å². The van der Waals surface area contributed by atoms with E-state index in [1.54, 1.807) is 13.0 Å². The molecule has 48 heavy (non-hydrogen) atoms. The average molecular weight is 656 g/mol. The molecule has 1 aliphatic heterocycles. The van der Waals surface area contributed by atoms with Crippen molar-refractivity contribution in [3.63, 3.8) is 0 Å². The van der Waals surface area contributed by atoms with Gasteiger partial charge in [0, 0.05) is 47.8 Å². The summed E-state index contributed by atoms with van der Waals surface area (Å²) < 4.78 is 7.77. The summed E-state index contributed by atoms with van der Waals surface area (Å²) in [4.78, 5) is 44.7. The van der Waals surface area contributed by atoms with E-state index in [4.69, 9.17) is 4.74 Å². The van der Waals surface area contributed by atoms with Crippen LogP contribution in [-0.2, 0) is 11.3 Å². The van der Waals surface area contributed by atoms with Gasteiger partial charge in [-0.25, -0.2) is 0 Å². The van der Waals surface area contributed by atoms with E-state index < -0.39 is 0 Å². The number of aryl methyl sites for hydroxylation is 1.